The average molecular weight is 238 g/mol. The standard InChI is InChI=1S/C12H11FO2S/c1-15-12(14)10-7-4-6-9(11(10)13)5-2-3-8-16/h4,6-7,16H,3,8H2,1H3. The highest BCUT2D eigenvalue weighted by Crippen LogP contribution is 2.13. The fraction of sp³-hybridized carbons (Fsp3) is 0.250. The van der Waals surface area contributed by atoms with Gasteiger partial charge in [0.15, 0.2) is 5.82 Å². The van der Waals surface area contributed by atoms with Gasteiger partial charge in [0.2, 0.25) is 0 Å². The molecule has 0 bridgehead atoms. The molecule has 0 aliphatic carbocycles. The van der Waals surface area contributed by atoms with Crippen molar-refractivity contribution in [2.45, 2.75) is 6.42 Å². The first-order chi connectivity index (χ1) is 7.70. The van der Waals surface area contributed by atoms with Gasteiger partial charge in [0.1, 0.15) is 0 Å². The van der Waals surface area contributed by atoms with Gasteiger partial charge in [-0.05, 0) is 12.1 Å². The summed E-state index contributed by atoms with van der Waals surface area (Å²) < 4.78 is 18.2. The van der Waals surface area contributed by atoms with Crippen LogP contribution in [0.3, 0.4) is 0 Å². The summed E-state index contributed by atoms with van der Waals surface area (Å²) >= 11 is 3.99. The predicted octanol–water partition coefficient (Wildman–Crippen LogP) is 2.28. The van der Waals surface area contributed by atoms with Crippen LogP contribution in [0.4, 0.5) is 4.39 Å². The lowest BCUT2D eigenvalue weighted by Gasteiger charge is -2.01. The number of ether oxygens (including phenoxy) is 1. The van der Waals surface area contributed by atoms with Crippen LogP contribution in [0, 0.1) is 17.7 Å². The molecule has 0 fully saturated rings. The minimum Gasteiger partial charge on any atom is -0.465 e. The second kappa shape index (κ2) is 6.19. The Morgan fingerprint density at radius 3 is 2.94 bits per heavy atom. The van der Waals surface area contributed by atoms with E-state index < -0.39 is 11.8 Å². The van der Waals surface area contributed by atoms with Gasteiger partial charge in [-0.15, -0.1) is 0 Å². The maximum Gasteiger partial charge on any atom is 0.340 e. The van der Waals surface area contributed by atoms with E-state index in [0.29, 0.717) is 12.2 Å². The molecule has 0 unspecified atom stereocenters. The monoisotopic (exact) mass is 238 g/mol. The minimum absolute atomic E-state index is 0.0971. The van der Waals surface area contributed by atoms with Gasteiger partial charge in [-0.3, -0.25) is 0 Å². The molecule has 1 rings (SSSR count). The zero-order chi connectivity index (χ0) is 12.0. The number of methoxy groups -OCH3 is 1. The molecule has 1 aromatic carbocycles. The van der Waals surface area contributed by atoms with Crippen LogP contribution in [0.25, 0.3) is 0 Å². The molecular weight excluding hydrogens is 227 g/mol. The molecule has 0 atom stereocenters. The van der Waals surface area contributed by atoms with Crippen molar-refractivity contribution < 1.29 is 13.9 Å². The lowest BCUT2D eigenvalue weighted by atomic mass is 10.1. The van der Waals surface area contributed by atoms with Crippen molar-refractivity contribution in [1.82, 2.24) is 0 Å². The smallest absolute Gasteiger partial charge is 0.340 e. The maximum absolute atomic E-state index is 13.7. The second-order valence-electron chi connectivity index (χ2n) is 2.93. The topological polar surface area (TPSA) is 26.3 Å². The molecule has 16 heavy (non-hydrogen) atoms. The molecule has 0 radical (unpaired) electrons. The fourth-order valence-corrected chi connectivity index (χ4v) is 1.22. The Hall–Kier alpha value is -1.47. The lowest BCUT2D eigenvalue weighted by molar-refractivity contribution is 0.0595. The van der Waals surface area contributed by atoms with Crippen LogP contribution in [0.2, 0.25) is 0 Å². The van der Waals surface area contributed by atoms with E-state index >= 15 is 0 Å². The van der Waals surface area contributed by atoms with Gasteiger partial charge < -0.3 is 4.74 Å². The molecule has 0 aliphatic heterocycles. The molecule has 0 saturated carbocycles. The average Bonchev–Trinajstić information content (AvgIpc) is 2.30. The Labute approximate surface area is 99.2 Å². The highest BCUT2D eigenvalue weighted by molar-refractivity contribution is 7.80. The van der Waals surface area contributed by atoms with Crippen molar-refractivity contribution in [1.29, 1.82) is 0 Å². The summed E-state index contributed by atoms with van der Waals surface area (Å²) in [4.78, 5) is 11.2. The number of halogens is 1. The van der Waals surface area contributed by atoms with Crippen molar-refractivity contribution in [3.63, 3.8) is 0 Å². The van der Waals surface area contributed by atoms with Crippen LogP contribution >= 0.6 is 12.6 Å². The maximum atomic E-state index is 13.7. The Kier molecular flexibility index (Phi) is 4.87. The molecule has 0 N–H and O–H groups in total. The number of carbonyl (C=O) groups is 1. The third-order valence-electron chi connectivity index (χ3n) is 1.86. The molecule has 0 saturated heterocycles. The van der Waals surface area contributed by atoms with Gasteiger partial charge >= 0.3 is 5.97 Å². The Morgan fingerprint density at radius 2 is 2.31 bits per heavy atom. The first kappa shape index (κ1) is 12.6. The highest BCUT2D eigenvalue weighted by atomic mass is 32.1. The normalized spacial score (nSPS) is 9.19. The number of rotatable bonds is 2. The van der Waals surface area contributed by atoms with Crippen LogP contribution < -0.4 is 0 Å². The molecule has 4 heteroatoms. The molecular formula is C12H11FO2S. The van der Waals surface area contributed by atoms with Gasteiger partial charge in [-0.25, -0.2) is 9.18 Å². The van der Waals surface area contributed by atoms with Crippen LogP contribution in [-0.4, -0.2) is 18.8 Å². The SMILES string of the molecule is COC(=O)c1cccc(C#CCCS)c1F. The minimum atomic E-state index is -0.699. The van der Waals surface area contributed by atoms with E-state index in [1.54, 1.807) is 6.07 Å². The van der Waals surface area contributed by atoms with E-state index in [1.165, 1.54) is 19.2 Å². The third kappa shape index (κ3) is 3.01. The van der Waals surface area contributed by atoms with Crippen LogP contribution in [0.1, 0.15) is 22.3 Å². The van der Waals surface area contributed by atoms with E-state index in [2.05, 4.69) is 29.2 Å². The van der Waals surface area contributed by atoms with E-state index in [0.717, 1.165) is 0 Å². The van der Waals surface area contributed by atoms with E-state index in [-0.39, 0.29) is 11.1 Å². The quantitative estimate of drug-likeness (QED) is 0.486. The summed E-state index contributed by atoms with van der Waals surface area (Å²) in [6, 6.07) is 4.46. The first-order valence-corrected chi connectivity index (χ1v) is 5.30. The summed E-state index contributed by atoms with van der Waals surface area (Å²) in [7, 11) is 1.21. The highest BCUT2D eigenvalue weighted by Gasteiger charge is 2.13. The summed E-state index contributed by atoms with van der Waals surface area (Å²) in [6.45, 7) is 0. The zero-order valence-electron chi connectivity index (χ0n) is 8.79. The molecule has 0 amide bonds. The summed E-state index contributed by atoms with van der Waals surface area (Å²) in [5.74, 6) is 4.69. The van der Waals surface area contributed by atoms with Gasteiger partial charge in [-0.1, -0.05) is 17.9 Å². The van der Waals surface area contributed by atoms with Gasteiger partial charge in [0.25, 0.3) is 0 Å². The Morgan fingerprint density at radius 1 is 1.56 bits per heavy atom. The van der Waals surface area contributed by atoms with Crippen molar-refractivity contribution in [3.05, 3.63) is 35.1 Å². The molecule has 1 aromatic rings. The second-order valence-corrected chi connectivity index (χ2v) is 3.38. The van der Waals surface area contributed by atoms with Crippen molar-refractivity contribution in [2.75, 3.05) is 12.9 Å². The van der Waals surface area contributed by atoms with Gasteiger partial charge in [-0.2, -0.15) is 12.6 Å². The summed E-state index contributed by atoms with van der Waals surface area (Å²) in [5, 5.41) is 0. The molecule has 84 valence electrons. The Bertz CT molecular complexity index is 446. The zero-order valence-corrected chi connectivity index (χ0v) is 9.68. The molecule has 0 heterocycles. The number of benzene rings is 1. The number of hydrogen-bond donors (Lipinski definition) is 1. The van der Waals surface area contributed by atoms with E-state index in [9.17, 15) is 9.18 Å². The number of hydrogen-bond acceptors (Lipinski definition) is 3. The van der Waals surface area contributed by atoms with E-state index in [1.807, 2.05) is 0 Å². The third-order valence-corrected chi connectivity index (χ3v) is 2.09. The van der Waals surface area contributed by atoms with Crippen LogP contribution in [-0.2, 0) is 4.74 Å². The van der Waals surface area contributed by atoms with Crippen molar-refractivity contribution >= 4 is 18.6 Å². The number of esters is 1. The molecule has 0 aromatic heterocycles. The van der Waals surface area contributed by atoms with Crippen LogP contribution in [0.15, 0.2) is 18.2 Å². The fourth-order valence-electron chi connectivity index (χ4n) is 1.11. The van der Waals surface area contributed by atoms with Crippen molar-refractivity contribution in [2.24, 2.45) is 0 Å². The van der Waals surface area contributed by atoms with Gasteiger partial charge in [0, 0.05) is 12.2 Å². The number of carbonyl (C=O) groups excluding carboxylic acids is 1. The molecule has 2 nitrogen and oxygen atoms in total. The van der Waals surface area contributed by atoms with Crippen LogP contribution in [0.5, 0.6) is 0 Å². The first-order valence-electron chi connectivity index (χ1n) is 4.67. The predicted molar refractivity (Wildman–Crippen MR) is 63.1 cm³/mol. The largest absolute Gasteiger partial charge is 0.465 e. The van der Waals surface area contributed by atoms with E-state index in [4.69, 9.17) is 0 Å². The Balaban J connectivity index is 3.05. The lowest BCUT2D eigenvalue weighted by Crippen LogP contribution is -2.05. The molecule has 0 spiro atoms. The summed E-state index contributed by atoms with van der Waals surface area (Å²) in [5.41, 5.74) is 0.102. The molecule has 0 aliphatic rings. The number of thiol groups is 1. The summed E-state index contributed by atoms with van der Waals surface area (Å²) in [6.07, 6.45) is 0.574. The van der Waals surface area contributed by atoms with Gasteiger partial charge in [0.05, 0.1) is 18.2 Å². The van der Waals surface area contributed by atoms with Crippen molar-refractivity contribution in [3.8, 4) is 11.8 Å².